The number of H-pyrrole nitrogens is 1. The van der Waals surface area contributed by atoms with Crippen molar-refractivity contribution in [1.29, 1.82) is 0 Å². The maximum Gasteiger partial charge on any atom is 0.208 e. The minimum atomic E-state index is -0.928. The van der Waals surface area contributed by atoms with E-state index in [0.29, 0.717) is 33.3 Å². The smallest absolute Gasteiger partial charge is 0.208 e. The Hall–Kier alpha value is -2.67. The van der Waals surface area contributed by atoms with Crippen molar-refractivity contribution in [1.82, 2.24) is 19.5 Å². The second-order valence-corrected chi connectivity index (χ2v) is 5.49. The van der Waals surface area contributed by atoms with Crippen LogP contribution >= 0.6 is 11.6 Å². The molecule has 0 amide bonds. The number of halogens is 3. The molecule has 23 heavy (non-hydrogen) atoms. The van der Waals surface area contributed by atoms with Crippen molar-refractivity contribution in [3.05, 3.63) is 47.2 Å². The fourth-order valence-electron chi connectivity index (χ4n) is 2.49. The Morgan fingerprint density at radius 3 is 2.78 bits per heavy atom. The highest BCUT2D eigenvalue weighted by Crippen LogP contribution is 2.28. The molecule has 0 aliphatic heterocycles. The summed E-state index contributed by atoms with van der Waals surface area (Å²) in [5, 5.41) is 3.48. The minimum Gasteiger partial charge on any atom is -0.358 e. The Balaban J connectivity index is 1.83. The lowest BCUT2D eigenvalue weighted by Crippen LogP contribution is -1.99. The molecule has 0 aliphatic rings. The molecule has 4 aromatic rings. The predicted octanol–water partition coefficient (Wildman–Crippen LogP) is 4.12. The number of anilines is 2. The van der Waals surface area contributed by atoms with Crippen LogP contribution in [0.1, 0.15) is 0 Å². The lowest BCUT2D eigenvalue weighted by Gasteiger charge is -2.04. The first-order valence-electron chi connectivity index (χ1n) is 6.75. The van der Waals surface area contributed by atoms with Crippen molar-refractivity contribution in [2.75, 3.05) is 5.32 Å². The van der Waals surface area contributed by atoms with Gasteiger partial charge in [0.15, 0.2) is 11.6 Å². The van der Waals surface area contributed by atoms with E-state index in [2.05, 4.69) is 20.3 Å². The Morgan fingerprint density at radius 2 is 1.96 bits per heavy atom. The first-order chi connectivity index (χ1) is 11.0. The monoisotopic (exact) mass is 333 g/mol. The summed E-state index contributed by atoms with van der Waals surface area (Å²) in [6.07, 6.45) is 1.73. The summed E-state index contributed by atoms with van der Waals surface area (Å²) >= 11 is 5.92. The van der Waals surface area contributed by atoms with Crippen molar-refractivity contribution >= 4 is 45.3 Å². The Kier molecular flexibility index (Phi) is 2.99. The molecule has 0 fully saturated rings. The van der Waals surface area contributed by atoms with Gasteiger partial charge in [-0.1, -0.05) is 11.6 Å². The summed E-state index contributed by atoms with van der Waals surface area (Å²) in [5.74, 6) is -1.40. The SMILES string of the molecule is Cn1c(Nc2c[nH]c3ccc(Cl)nc23)nc2cc(F)c(F)cc21. The number of hydrogen-bond acceptors (Lipinski definition) is 3. The number of aromatic amines is 1. The van der Waals surface area contributed by atoms with Gasteiger partial charge in [0, 0.05) is 25.4 Å². The quantitative estimate of drug-likeness (QED) is 0.542. The van der Waals surface area contributed by atoms with E-state index in [4.69, 9.17) is 11.6 Å². The van der Waals surface area contributed by atoms with Gasteiger partial charge >= 0.3 is 0 Å². The van der Waals surface area contributed by atoms with Crippen LogP contribution in [0.2, 0.25) is 5.15 Å². The summed E-state index contributed by atoms with van der Waals surface area (Å²) in [6.45, 7) is 0. The number of imidazole rings is 1. The molecule has 0 bridgehead atoms. The van der Waals surface area contributed by atoms with Gasteiger partial charge in [-0.25, -0.2) is 18.7 Å². The summed E-state index contributed by atoms with van der Waals surface area (Å²) < 4.78 is 28.4. The molecule has 0 unspecified atom stereocenters. The minimum absolute atomic E-state index is 0.361. The van der Waals surface area contributed by atoms with Crippen LogP contribution in [0.3, 0.4) is 0 Å². The summed E-state index contributed by atoms with van der Waals surface area (Å²) in [6, 6.07) is 5.69. The average Bonchev–Trinajstić information content (AvgIpc) is 3.03. The average molecular weight is 334 g/mol. The van der Waals surface area contributed by atoms with Crippen molar-refractivity contribution in [2.45, 2.75) is 0 Å². The third-order valence-corrected chi connectivity index (χ3v) is 3.87. The molecule has 1 aromatic carbocycles. The molecule has 0 radical (unpaired) electrons. The normalized spacial score (nSPS) is 11.5. The van der Waals surface area contributed by atoms with Crippen LogP contribution in [0.5, 0.6) is 0 Å². The number of fused-ring (bicyclic) bond motifs is 2. The largest absolute Gasteiger partial charge is 0.358 e. The molecule has 3 heterocycles. The van der Waals surface area contributed by atoms with Crippen molar-refractivity contribution in [3.63, 3.8) is 0 Å². The van der Waals surface area contributed by atoms with Gasteiger partial charge in [-0.05, 0) is 12.1 Å². The molecular formula is C15H10ClF2N5. The third-order valence-electron chi connectivity index (χ3n) is 3.66. The zero-order valence-corrected chi connectivity index (χ0v) is 12.6. The molecule has 0 aliphatic carbocycles. The first-order valence-corrected chi connectivity index (χ1v) is 7.13. The maximum absolute atomic E-state index is 13.4. The number of hydrogen-bond donors (Lipinski definition) is 2. The number of nitrogens with one attached hydrogen (secondary N) is 2. The van der Waals surface area contributed by atoms with Crippen LogP contribution in [-0.2, 0) is 7.05 Å². The number of rotatable bonds is 2. The first kappa shape index (κ1) is 14.0. The van der Waals surface area contributed by atoms with Gasteiger partial charge in [-0.15, -0.1) is 0 Å². The van der Waals surface area contributed by atoms with Crippen LogP contribution in [-0.4, -0.2) is 19.5 Å². The van der Waals surface area contributed by atoms with E-state index in [1.807, 2.05) is 6.07 Å². The molecule has 0 atom stereocenters. The van der Waals surface area contributed by atoms with Crippen LogP contribution in [0.4, 0.5) is 20.4 Å². The van der Waals surface area contributed by atoms with Gasteiger partial charge in [0.2, 0.25) is 5.95 Å². The van der Waals surface area contributed by atoms with Crippen LogP contribution in [0.25, 0.3) is 22.1 Å². The lowest BCUT2D eigenvalue weighted by molar-refractivity contribution is 0.510. The van der Waals surface area contributed by atoms with Gasteiger partial charge in [-0.2, -0.15) is 0 Å². The number of benzene rings is 1. The van der Waals surface area contributed by atoms with Crippen molar-refractivity contribution in [2.24, 2.45) is 7.05 Å². The number of aryl methyl sites for hydroxylation is 1. The molecule has 3 aromatic heterocycles. The lowest BCUT2D eigenvalue weighted by atomic mass is 10.3. The third kappa shape index (κ3) is 2.20. The highest BCUT2D eigenvalue weighted by atomic mass is 35.5. The molecule has 116 valence electrons. The zero-order chi connectivity index (χ0) is 16.1. The van der Waals surface area contributed by atoms with Crippen LogP contribution in [0, 0.1) is 11.6 Å². The van der Waals surface area contributed by atoms with E-state index < -0.39 is 11.6 Å². The number of aromatic nitrogens is 4. The molecule has 4 rings (SSSR count). The molecule has 0 spiro atoms. The number of pyridine rings is 1. The highest BCUT2D eigenvalue weighted by molar-refractivity contribution is 6.29. The maximum atomic E-state index is 13.4. The Morgan fingerprint density at radius 1 is 1.17 bits per heavy atom. The molecule has 2 N–H and O–H groups in total. The van der Waals surface area contributed by atoms with E-state index in [1.54, 1.807) is 23.9 Å². The fourth-order valence-corrected chi connectivity index (χ4v) is 2.64. The van der Waals surface area contributed by atoms with E-state index >= 15 is 0 Å². The van der Waals surface area contributed by atoms with Gasteiger partial charge in [0.05, 0.1) is 22.2 Å². The highest BCUT2D eigenvalue weighted by Gasteiger charge is 2.14. The van der Waals surface area contributed by atoms with E-state index in [9.17, 15) is 8.78 Å². The van der Waals surface area contributed by atoms with Crippen molar-refractivity contribution < 1.29 is 8.78 Å². The van der Waals surface area contributed by atoms with Gasteiger partial charge < -0.3 is 14.9 Å². The topological polar surface area (TPSA) is 58.5 Å². The second kappa shape index (κ2) is 4.92. The molecule has 5 nitrogen and oxygen atoms in total. The molecule has 8 heteroatoms. The van der Waals surface area contributed by atoms with E-state index in [0.717, 1.165) is 17.6 Å². The number of nitrogens with zero attached hydrogens (tertiary/aromatic N) is 3. The van der Waals surface area contributed by atoms with Crippen LogP contribution < -0.4 is 5.32 Å². The summed E-state index contributed by atoms with van der Waals surface area (Å²) in [5.41, 5.74) is 2.98. The Bertz CT molecular complexity index is 1050. The van der Waals surface area contributed by atoms with E-state index in [1.165, 1.54) is 0 Å². The van der Waals surface area contributed by atoms with Crippen molar-refractivity contribution in [3.8, 4) is 0 Å². The van der Waals surface area contributed by atoms with E-state index in [-0.39, 0.29) is 0 Å². The summed E-state index contributed by atoms with van der Waals surface area (Å²) in [7, 11) is 1.71. The Labute approximate surface area is 133 Å². The van der Waals surface area contributed by atoms with Gasteiger partial charge in [0.1, 0.15) is 10.7 Å². The van der Waals surface area contributed by atoms with Gasteiger partial charge in [0.25, 0.3) is 0 Å². The molecule has 0 saturated heterocycles. The molecular weight excluding hydrogens is 324 g/mol. The van der Waals surface area contributed by atoms with Crippen LogP contribution in [0.15, 0.2) is 30.5 Å². The van der Waals surface area contributed by atoms with Gasteiger partial charge in [-0.3, -0.25) is 0 Å². The molecule has 0 saturated carbocycles. The zero-order valence-electron chi connectivity index (χ0n) is 11.9. The second-order valence-electron chi connectivity index (χ2n) is 5.11. The standard InChI is InChI=1S/C15H10ClF2N5/c1-23-12-5-8(18)7(17)4-10(12)20-15(23)21-11-6-19-9-2-3-13(16)22-14(9)11/h2-6,19H,1H3,(H,20,21). The summed E-state index contributed by atoms with van der Waals surface area (Å²) in [4.78, 5) is 11.6. The predicted molar refractivity (Wildman–Crippen MR) is 85.0 cm³/mol. The fraction of sp³-hybridized carbons (Fsp3) is 0.0667.